The lowest BCUT2D eigenvalue weighted by molar-refractivity contribution is -0.172. The molecule has 0 aromatic heterocycles. The topological polar surface area (TPSA) is 70.2 Å². The minimum Gasteiger partial charge on any atom is -0.444 e. The van der Waals surface area contributed by atoms with Crippen LogP contribution in [0.1, 0.15) is 42.5 Å². The Labute approximate surface area is 213 Å². The van der Waals surface area contributed by atoms with Crippen molar-refractivity contribution in [1.82, 2.24) is 14.7 Å². The molecule has 2 aromatic carbocycles. The second kappa shape index (κ2) is 10.4. The molecule has 198 valence electrons. The van der Waals surface area contributed by atoms with Gasteiger partial charge in [-0.05, 0) is 43.5 Å². The number of halogens is 3. The molecule has 0 N–H and O–H groups in total. The highest BCUT2D eigenvalue weighted by Crippen LogP contribution is 2.32. The molecular formula is C27H30F3N3O4. The lowest BCUT2D eigenvalue weighted by atomic mass is 9.96. The Kier molecular flexibility index (Phi) is 7.47. The Morgan fingerprint density at radius 1 is 1.03 bits per heavy atom. The third-order valence-electron chi connectivity index (χ3n) is 6.94. The zero-order valence-electron chi connectivity index (χ0n) is 21.0. The molecule has 3 amide bonds. The van der Waals surface area contributed by atoms with Crippen LogP contribution in [0, 0.1) is 12.8 Å². The van der Waals surface area contributed by atoms with E-state index in [2.05, 4.69) is 0 Å². The quantitative estimate of drug-likeness (QED) is 0.583. The van der Waals surface area contributed by atoms with Crippen LogP contribution >= 0.6 is 0 Å². The zero-order chi connectivity index (χ0) is 26.9. The molecule has 2 heterocycles. The Bertz CT molecular complexity index is 1170. The molecular weight excluding hydrogens is 487 g/mol. The van der Waals surface area contributed by atoms with E-state index in [0.29, 0.717) is 18.5 Å². The first kappa shape index (κ1) is 26.5. The van der Waals surface area contributed by atoms with Crippen molar-refractivity contribution < 1.29 is 32.3 Å². The molecule has 0 radical (unpaired) electrons. The van der Waals surface area contributed by atoms with Crippen molar-refractivity contribution in [3.63, 3.8) is 0 Å². The summed E-state index contributed by atoms with van der Waals surface area (Å²) >= 11 is 0. The summed E-state index contributed by atoms with van der Waals surface area (Å²) in [6.45, 7) is 5.22. The largest absolute Gasteiger partial charge is 0.444 e. The predicted octanol–water partition coefficient (Wildman–Crippen LogP) is 4.58. The van der Waals surface area contributed by atoms with Crippen molar-refractivity contribution >= 4 is 17.9 Å². The first-order chi connectivity index (χ1) is 17.5. The number of aryl methyl sites for hydroxylation is 1. The van der Waals surface area contributed by atoms with Crippen LogP contribution in [0.15, 0.2) is 48.5 Å². The van der Waals surface area contributed by atoms with E-state index in [4.69, 9.17) is 4.74 Å². The van der Waals surface area contributed by atoms with E-state index < -0.39 is 36.0 Å². The normalized spacial score (nSPS) is 22.2. The third kappa shape index (κ3) is 5.57. The Hall–Kier alpha value is -3.56. The number of fused-ring (bicyclic) bond motifs is 1. The van der Waals surface area contributed by atoms with Gasteiger partial charge in [-0.25, -0.2) is 4.79 Å². The van der Waals surface area contributed by atoms with Gasteiger partial charge < -0.3 is 14.5 Å². The lowest BCUT2D eigenvalue weighted by Gasteiger charge is -2.52. The SMILES string of the molecule is CC[C@@H]1CN(C(=O)OCc2cc(C)cc(C(F)(F)F)c2)[C@H]2CN(Cc3ccccc3)C(=O)[C@H](C)N2C1=O. The van der Waals surface area contributed by atoms with Crippen molar-refractivity contribution in [2.24, 2.45) is 5.92 Å². The summed E-state index contributed by atoms with van der Waals surface area (Å²) in [5, 5.41) is 0. The van der Waals surface area contributed by atoms with Gasteiger partial charge in [0.1, 0.15) is 18.8 Å². The fourth-order valence-corrected chi connectivity index (χ4v) is 5.03. The van der Waals surface area contributed by atoms with Crippen molar-refractivity contribution in [2.45, 2.75) is 58.7 Å². The van der Waals surface area contributed by atoms with E-state index in [0.717, 1.165) is 17.7 Å². The molecule has 0 spiro atoms. The highest BCUT2D eigenvalue weighted by Gasteiger charge is 2.50. The van der Waals surface area contributed by atoms with Gasteiger partial charge in [0.15, 0.2) is 0 Å². The number of carbonyl (C=O) groups is 3. The van der Waals surface area contributed by atoms with Gasteiger partial charge >= 0.3 is 12.3 Å². The van der Waals surface area contributed by atoms with Crippen LogP contribution in [-0.4, -0.2) is 57.9 Å². The molecule has 2 saturated heterocycles. The first-order valence-corrected chi connectivity index (χ1v) is 12.3. The molecule has 4 rings (SSSR count). The number of ether oxygens (including phenoxy) is 1. The van der Waals surface area contributed by atoms with Gasteiger partial charge in [-0.1, -0.05) is 48.9 Å². The van der Waals surface area contributed by atoms with Crippen LogP contribution in [0.4, 0.5) is 18.0 Å². The summed E-state index contributed by atoms with van der Waals surface area (Å²) in [5.74, 6) is -0.904. The second-order valence-corrected chi connectivity index (χ2v) is 9.62. The van der Waals surface area contributed by atoms with Gasteiger partial charge in [-0.3, -0.25) is 14.5 Å². The molecule has 3 atom stereocenters. The monoisotopic (exact) mass is 517 g/mol. The van der Waals surface area contributed by atoms with Crippen molar-refractivity contribution in [2.75, 3.05) is 13.1 Å². The second-order valence-electron chi connectivity index (χ2n) is 9.62. The van der Waals surface area contributed by atoms with Crippen LogP contribution in [0.5, 0.6) is 0 Å². The smallest absolute Gasteiger partial charge is 0.416 e. The van der Waals surface area contributed by atoms with Crippen LogP contribution < -0.4 is 0 Å². The highest BCUT2D eigenvalue weighted by molar-refractivity contribution is 5.91. The van der Waals surface area contributed by atoms with Crippen LogP contribution in [0.25, 0.3) is 0 Å². The van der Waals surface area contributed by atoms with Gasteiger partial charge in [-0.15, -0.1) is 0 Å². The molecule has 0 aliphatic carbocycles. The molecule has 2 aliphatic rings. The zero-order valence-corrected chi connectivity index (χ0v) is 21.0. The molecule has 2 aliphatic heterocycles. The Morgan fingerprint density at radius 2 is 1.73 bits per heavy atom. The summed E-state index contributed by atoms with van der Waals surface area (Å²) in [4.78, 5) is 44.1. The number of hydrogen-bond acceptors (Lipinski definition) is 4. The highest BCUT2D eigenvalue weighted by atomic mass is 19.4. The maximum atomic E-state index is 13.3. The number of rotatable bonds is 5. The van der Waals surface area contributed by atoms with Crippen molar-refractivity contribution in [3.8, 4) is 0 Å². The Morgan fingerprint density at radius 3 is 2.38 bits per heavy atom. The van der Waals surface area contributed by atoms with E-state index in [9.17, 15) is 27.6 Å². The molecule has 7 nitrogen and oxygen atoms in total. The summed E-state index contributed by atoms with van der Waals surface area (Å²) in [6, 6.07) is 12.2. The maximum absolute atomic E-state index is 13.3. The Balaban J connectivity index is 1.55. The average Bonchev–Trinajstić information content (AvgIpc) is 2.85. The van der Waals surface area contributed by atoms with E-state index >= 15 is 0 Å². The standard InChI is InChI=1S/C27H30F3N3O4/c1-4-21-14-32(26(36)37-16-20-10-17(2)11-22(12-20)27(28,29)30)23-15-31(13-19-8-6-5-7-9-19)24(34)18(3)33(23)25(21)35/h5-12,18,21,23H,4,13-16H2,1-3H3/t18-,21+,23+/m0/s1. The molecule has 2 fully saturated rings. The minimum absolute atomic E-state index is 0.108. The van der Waals surface area contributed by atoms with E-state index in [-0.39, 0.29) is 37.1 Å². The maximum Gasteiger partial charge on any atom is 0.416 e. The van der Waals surface area contributed by atoms with Crippen molar-refractivity contribution in [1.29, 1.82) is 0 Å². The number of carbonyl (C=O) groups excluding carboxylic acids is 3. The van der Waals surface area contributed by atoms with Gasteiger partial charge in [0, 0.05) is 13.1 Å². The molecule has 0 saturated carbocycles. The number of piperazine rings is 1. The third-order valence-corrected chi connectivity index (χ3v) is 6.94. The van der Waals surface area contributed by atoms with Gasteiger partial charge in [0.05, 0.1) is 18.0 Å². The van der Waals surface area contributed by atoms with Gasteiger partial charge in [-0.2, -0.15) is 13.2 Å². The van der Waals surface area contributed by atoms with Crippen LogP contribution in [-0.2, 0) is 33.7 Å². The van der Waals surface area contributed by atoms with Crippen LogP contribution in [0.3, 0.4) is 0 Å². The molecule has 0 bridgehead atoms. The minimum atomic E-state index is -4.51. The number of nitrogens with zero attached hydrogens (tertiary/aromatic N) is 3. The van der Waals surface area contributed by atoms with Gasteiger partial charge in [0.2, 0.25) is 11.8 Å². The molecule has 0 unspecified atom stereocenters. The summed E-state index contributed by atoms with van der Waals surface area (Å²) in [7, 11) is 0. The average molecular weight is 518 g/mol. The molecule has 2 aromatic rings. The fourth-order valence-electron chi connectivity index (χ4n) is 5.03. The number of alkyl halides is 3. The lowest BCUT2D eigenvalue weighted by Crippen LogP contribution is -2.72. The van der Waals surface area contributed by atoms with E-state index in [1.54, 1.807) is 18.7 Å². The van der Waals surface area contributed by atoms with Gasteiger partial charge in [0.25, 0.3) is 0 Å². The first-order valence-electron chi connectivity index (χ1n) is 12.3. The summed E-state index contributed by atoms with van der Waals surface area (Å²) < 4.78 is 45.1. The van der Waals surface area contributed by atoms with Crippen molar-refractivity contribution in [3.05, 3.63) is 70.8 Å². The predicted molar refractivity (Wildman–Crippen MR) is 129 cm³/mol. The number of amides is 3. The molecule has 10 heteroatoms. The van der Waals surface area contributed by atoms with E-state index in [1.807, 2.05) is 37.3 Å². The van der Waals surface area contributed by atoms with E-state index in [1.165, 1.54) is 15.9 Å². The summed E-state index contributed by atoms with van der Waals surface area (Å²) in [5.41, 5.74) is 0.725. The fraction of sp³-hybridized carbons (Fsp3) is 0.444. The number of hydrogen-bond donors (Lipinski definition) is 0. The summed E-state index contributed by atoms with van der Waals surface area (Å²) in [6.07, 6.45) is -5.52. The number of benzene rings is 2. The van der Waals surface area contributed by atoms with Crippen LogP contribution in [0.2, 0.25) is 0 Å². The molecule has 37 heavy (non-hydrogen) atoms.